The molecule has 0 amide bonds. The Morgan fingerprint density at radius 2 is 1.32 bits per heavy atom. The third-order valence-electron chi connectivity index (χ3n) is 6.22. The van der Waals surface area contributed by atoms with E-state index >= 15 is 0 Å². The number of unbranched alkanes of at least 4 members (excludes halogenated alkanes) is 2. The molecule has 3 aromatic rings. The van der Waals surface area contributed by atoms with E-state index in [1.807, 2.05) is 13.8 Å². The lowest BCUT2D eigenvalue weighted by molar-refractivity contribution is -0.149. The second kappa shape index (κ2) is 13.6. The maximum atomic E-state index is 13.1. The standard InChI is InChI=1S/C30H34F2O6S2/c1-21-9-13-25(14-10-21)39(26-15-11-22(2)12-16-26)27-18-23(3)29(24(4)19-27)37-17-7-5-6-8-28(33)38-20-30(31,32)40(34,35)36/h9-16,18-19H,5-8,17,20H2,1-4H3. The lowest BCUT2D eigenvalue weighted by Crippen LogP contribution is -2.34. The number of ether oxygens (including phenoxy) is 2. The highest BCUT2D eigenvalue weighted by atomic mass is 32.2. The summed E-state index contributed by atoms with van der Waals surface area (Å²) in [6.45, 7) is 6.82. The number of esters is 1. The van der Waals surface area contributed by atoms with Gasteiger partial charge < -0.3 is 14.0 Å². The second-order valence-corrected chi connectivity index (χ2v) is 13.3. The molecule has 0 unspecified atom stereocenters. The molecule has 0 aliphatic heterocycles. The van der Waals surface area contributed by atoms with E-state index in [0.717, 1.165) is 16.9 Å². The predicted octanol–water partition coefficient (Wildman–Crippen LogP) is 6.64. The van der Waals surface area contributed by atoms with Crippen molar-refractivity contribution in [3.05, 3.63) is 82.9 Å². The van der Waals surface area contributed by atoms with E-state index in [2.05, 4.69) is 79.2 Å². The summed E-state index contributed by atoms with van der Waals surface area (Å²) in [6, 6.07) is 21.6. The molecule has 0 N–H and O–H groups in total. The van der Waals surface area contributed by atoms with Gasteiger partial charge in [-0.1, -0.05) is 35.4 Å². The molecule has 40 heavy (non-hydrogen) atoms. The molecule has 3 aromatic carbocycles. The summed E-state index contributed by atoms with van der Waals surface area (Å²) in [5.74, 6) is -0.176. The number of aryl methyl sites for hydroxylation is 4. The number of alkyl halides is 2. The van der Waals surface area contributed by atoms with Crippen molar-refractivity contribution >= 4 is 27.0 Å². The zero-order chi connectivity index (χ0) is 29.5. The van der Waals surface area contributed by atoms with Crippen molar-refractivity contribution in [2.75, 3.05) is 13.2 Å². The van der Waals surface area contributed by atoms with Gasteiger partial charge >= 0.3 is 11.2 Å². The van der Waals surface area contributed by atoms with Gasteiger partial charge in [-0.15, -0.1) is 0 Å². The monoisotopic (exact) mass is 592 g/mol. The van der Waals surface area contributed by atoms with Gasteiger partial charge in [-0.3, -0.25) is 4.79 Å². The molecule has 0 saturated heterocycles. The molecule has 0 fully saturated rings. The van der Waals surface area contributed by atoms with Crippen LogP contribution in [0.15, 0.2) is 75.4 Å². The largest absolute Gasteiger partial charge is 0.743 e. The lowest BCUT2D eigenvalue weighted by atomic mass is 10.1. The van der Waals surface area contributed by atoms with Gasteiger partial charge in [0.25, 0.3) is 0 Å². The number of carbonyl (C=O) groups is 1. The number of hydrogen-bond donors (Lipinski definition) is 0. The SMILES string of the molecule is Cc1ccc([S+](c2ccc(C)cc2)c2cc(C)c(OCCCCCC(=O)OCC(F)(F)S(=O)(=O)[O-])c(C)c2)cc1. The molecular formula is C30H34F2O6S2. The van der Waals surface area contributed by atoms with Crippen LogP contribution in [0.3, 0.4) is 0 Å². The van der Waals surface area contributed by atoms with Crippen LogP contribution in [0.4, 0.5) is 8.78 Å². The van der Waals surface area contributed by atoms with E-state index in [9.17, 15) is 26.5 Å². The van der Waals surface area contributed by atoms with Crippen LogP contribution in [0.1, 0.15) is 47.9 Å². The quantitative estimate of drug-likeness (QED) is 0.0957. The lowest BCUT2D eigenvalue weighted by Gasteiger charge is -2.19. The van der Waals surface area contributed by atoms with Crippen LogP contribution in [0.2, 0.25) is 0 Å². The van der Waals surface area contributed by atoms with E-state index in [-0.39, 0.29) is 17.3 Å². The fourth-order valence-corrected chi connectivity index (χ4v) is 6.47. The van der Waals surface area contributed by atoms with Crippen LogP contribution < -0.4 is 4.74 Å². The molecule has 0 aliphatic rings. The van der Waals surface area contributed by atoms with Gasteiger partial charge in [0.15, 0.2) is 31.4 Å². The summed E-state index contributed by atoms with van der Waals surface area (Å²) < 4.78 is 67.9. The molecule has 0 saturated carbocycles. The highest BCUT2D eigenvalue weighted by molar-refractivity contribution is 7.97. The molecule has 6 nitrogen and oxygen atoms in total. The molecule has 3 rings (SSSR count). The summed E-state index contributed by atoms with van der Waals surface area (Å²) in [5, 5.41) is -4.64. The first kappa shape index (κ1) is 31.6. The minimum Gasteiger partial charge on any atom is -0.743 e. The number of halogens is 2. The Kier molecular flexibility index (Phi) is 10.7. The Morgan fingerprint density at radius 1 is 0.825 bits per heavy atom. The zero-order valence-electron chi connectivity index (χ0n) is 23.0. The third-order valence-corrected chi connectivity index (χ3v) is 9.27. The highest BCUT2D eigenvalue weighted by Gasteiger charge is 2.39. The van der Waals surface area contributed by atoms with Crippen molar-refractivity contribution in [2.24, 2.45) is 0 Å². The Bertz CT molecular complexity index is 1340. The van der Waals surface area contributed by atoms with Crippen molar-refractivity contribution in [2.45, 2.75) is 73.3 Å². The molecular weight excluding hydrogens is 558 g/mol. The van der Waals surface area contributed by atoms with E-state index in [1.165, 1.54) is 25.8 Å². The average molecular weight is 593 g/mol. The number of rotatable bonds is 13. The summed E-state index contributed by atoms with van der Waals surface area (Å²) >= 11 is 0. The van der Waals surface area contributed by atoms with Crippen molar-refractivity contribution in [1.82, 2.24) is 0 Å². The van der Waals surface area contributed by atoms with Gasteiger partial charge in [0, 0.05) is 18.6 Å². The number of carbonyl (C=O) groups excluding carboxylic acids is 1. The molecule has 0 aliphatic carbocycles. The molecule has 0 bridgehead atoms. The van der Waals surface area contributed by atoms with Gasteiger partial charge in [0.05, 0.1) is 17.5 Å². The highest BCUT2D eigenvalue weighted by Crippen LogP contribution is 2.36. The van der Waals surface area contributed by atoms with Crippen LogP contribution in [-0.2, 0) is 30.5 Å². The van der Waals surface area contributed by atoms with E-state index in [0.29, 0.717) is 25.9 Å². The molecule has 0 radical (unpaired) electrons. The molecule has 10 heteroatoms. The van der Waals surface area contributed by atoms with Crippen molar-refractivity contribution in [3.63, 3.8) is 0 Å². The third kappa shape index (κ3) is 8.52. The Morgan fingerprint density at radius 3 is 1.80 bits per heavy atom. The van der Waals surface area contributed by atoms with Gasteiger partial charge in [0.2, 0.25) is 0 Å². The average Bonchev–Trinajstić information content (AvgIpc) is 2.88. The normalized spacial score (nSPS) is 12.0. The predicted molar refractivity (Wildman–Crippen MR) is 150 cm³/mol. The first-order chi connectivity index (χ1) is 18.8. The zero-order valence-corrected chi connectivity index (χ0v) is 24.7. The smallest absolute Gasteiger partial charge is 0.367 e. The van der Waals surface area contributed by atoms with Gasteiger partial charge in [-0.2, -0.15) is 8.78 Å². The van der Waals surface area contributed by atoms with E-state index in [1.54, 1.807) is 0 Å². The second-order valence-electron chi connectivity index (χ2n) is 9.73. The van der Waals surface area contributed by atoms with Crippen molar-refractivity contribution in [3.8, 4) is 5.75 Å². The first-order valence-electron chi connectivity index (χ1n) is 12.9. The molecule has 0 spiro atoms. The van der Waals surface area contributed by atoms with E-state index < -0.39 is 27.9 Å². The first-order valence-corrected chi connectivity index (χ1v) is 15.5. The Labute approximate surface area is 237 Å². The Hall–Kier alpha value is -2.95. The van der Waals surface area contributed by atoms with Crippen LogP contribution in [0.5, 0.6) is 5.75 Å². The Balaban J connectivity index is 1.59. The number of benzene rings is 3. The van der Waals surface area contributed by atoms with E-state index in [4.69, 9.17) is 4.74 Å². The molecule has 216 valence electrons. The minimum atomic E-state index is -5.88. The summed E-state index contributed by atoms with van der Waals surface area (Å²) in [6.07, 6.45) is 1.38. The maximum absolute atomic E-state index is 13.1. The van der Waals surface area contributed by atoms with Crippen LogP contribution in [0.25, 0.3) is 0 Å². The fraction of sp³-hybridized carbons (Fsp3) is 0.367. The van der Waals surface area contributed by atoms with Crippen molar-refractivity contribution in [1.29, 1.82) is 0 Å². The summed E-state index contributed by atoms with van der Waals surface area (Å²) in [5.41, 5.74) is 4.45. The molecule has 0 heterocycles. The van der Waals surface area contributed by atoms with Crippen LogP contribution in [-0.4, -0.2) is 37.4 Å². The van der Waals surface area contributed by atoms with Gasteiger partial charge in [-0.05, 0) is 82.3 Å². The summed E-state index contributed by atoms with van der Waals surface area (Å²) in [7, 11) is -6.16. The molecule has 0 aromatic heterocycles. The fourth-order valence-electron chi connectivity index (χ4n) is 4.04. The van der Waals surface area contributed by atoms with Gasteiger partial charge in [-0.25, -0.2) is 8.42 Å². The topological polar surface area (TPSA) is 92.7 Å². The van der Waals surface area contributed by atoms with Crippen LogP contribution in [0, 0.1) is 27.7 Å². The summed E-state index contributed by atoms with van der Waals surface area (Å²) in [4.78, 5) is 15.3. The van der Waals surface area contributed by atoms with Crippen LogP contribution >= 0.6 is 0 Å². The number of hydrogen-bond acceptors (Lipinski definition) is 6. The molecule has 0 atom stereocenters. The maximum Gasteiger partial charge on any atom is 0.367 e. The minimum absolute atomic E-state index is 0.165. The van der Waals surface area contributed by atoms with Crippen molar-refractivity contribution < 1.29 is 36.0 Å². The van der Waals surface area contributed by atoms with Gasteiger partial charge in [0.1, 0.15) is 5.75 Å².